The zero-order chi connectivity index (χ0) is 24.3. The van der Waals surface area contributed by atoms with Crippen molar-refractivity contribution < 1.29 is 13.2 Å². The fraction of sp³-hybridized carbons (Fsp3) is 0.321. The minimum atomic E-state index is -0.550. The predicted molar refractivity (Wildman–Crippen MR) is 131 cm³/mol. The summed E-state index contributed by atoms with van der Waals surface area (Å²) >= 11 is 0. The Balaban J connectivity index is 2.00. The lowest BCUT2D eigenvalue weighted by Crippen LogP contribution is -2.04. The van der Waals surface area contributed by atoms with Gasteiger partial charge in [0.2, 0.25) is 0 Å². The third kappa shape index (κ3) is 5.47. The normalized spacial score (nSPS) is 11.1. The highest BCUT2D eigenvalue weighted by atomic mass is 19.1. The van der Waals surface area contributed by atoms with Crippen molar-refractivity contribution in [3.8, 4) is 22.3 Å². The van der Waals surface area contributed by atoms with Gasteiger partial charge in [0.05, 0.1) is 0 Å². The molecule has 0 fully saturated rings. The molecule has 0 aliphatic carbocycles. The number of pyridine rings is 1. The zero-order valence-electron chi connectivity index (χ0n) is 20.1. The van der Waals surface area contributed by atoms with E-state index < -0.39 is 17.5 Å². The van der Waals surface area contributed by atoms with Crippen LogP contribution in [0.1, 0.15) is 44.4 Å². The minimum Gasteiger partial charge on any atom is -0.367 e. The molecule has 33 heavy (non-hydrogen) atoms. The highest BCUT2D eigenvalue weighted by Gasteiger charge is 2.23. The summed E-state index contributed by atoms with van der Waals surface area (Å²) in [5.74, 6) is -0.527. The van der Waals surface area contributed by atoms with Gasteiger partial charge in [0.15, 0.2) is 0 Å². The molecule has 0 radical (unpaired) electrons. The number of anilines is 1. The van der Waals surface area contributed by atoms with Crippen LogP contribution in [0.15, 0.2) is 48.2 Å². The van der Waals surface area contributed by atoms with Crippen LogP contribution >= 0.6 is 0 Å². The molecule has 0 bridgehead atoms. The highest BCUT2D eigenvalue weighted by Crippen LogP contribution is 2.38. The van der Waals surface area contributed by atoms with Crippen molar-refractivity contribution in [1.29, 1.82) is 0 Å². The molecular weight excluding hydrogens is 421 g/mol. The summed E-state index contributed by atoms with van der Waals surface area (Å²) < 4.78 is 45.7. The maximum absolute atomic E-state index is 15.5. The second kappa shape index (κ2) is 10.2. The Morgan fingerprint density at radius 1 is 0.939 bits per heavy atom. The molecule has 3 aromatic rings. The number of nitrogens with one attached hydrogen (secondary N) is 1. The van der Waals surface area contributed by atoms with E-state index in [0.29, 0.717) is 41.4 Å². The largest absolute Gasteiger partial charge is 0.367 e. The van der Waals surface area contributed by atoms with Crippen molar-refractivity contribution in [2.45, 2.75) is 48.0 Å². The molecule has 0 aliphatic rings. The van der Waals surface area contributed by atoms with Gasteiger partial charge in [0, 0.05) is 29.4 Å². The number of halogens is 3. The number of hydrogen-bond donors (Lipinski definition) is 1. The molecule has 174 valence electrons. The molecule has 1 heterocycles. The summed E-state index contributed by atoms with van der Waals surface area (Å²) in [4.78, 5) is 4.34. The summed E-state index contributed by atoms with van der Waals surface area (Å²) in [5.41, 5.74) is 3.18. The molecular formula is C28H31F3N2. The summed E-state index contributed by atoms with van der Waals surface area (Å²) in [6.07, 6.45) is 4.16. The van der Waals surface area contributed by atoms with Crippen LogP contribution in [0.5, 0.6) is 0 Å². The van der Waals surface area contributed by atoms with Crippen LogP contribution in [0.3, 0.4) is 0 Å². The number of aromatic nitrogens is 1. The maximum Gasteiger partial charge on any atom is 0.135 e. The lowest BCUT2D eigenvalue weighted by Gasteiger charge is -2.17. The van der Waals surface area contributed by atoms with Crippen LogP contribution < -0.4 is 5.32 Å². The molecule has 0 saturated carbocycles. The number of allylic oxidation sites excluding steroid dienone is 1. The summed E-state index contributed by atoms with van der Waals surface area (Å²) in [6.45, 7) is 11.7. The Labute approximate surface area is 194 Å². The van der Waals surface area contributed by atoms with Crippen LogP contribution in [0.2, 0.25) is 0 Å². The molecule has 3 rings (SSSR count). The Bertz CT molecular complexity index is 1150. The lowest BCUT2D eigenvalue weighted by molar-refractivity contribution is 0.573. The number of nitrogens with zero attached hydrogens (tertiary/aromatic N) is 1. The van der Waals surface area contributed by atoms with Crippen molar-refractivity contribution in [2.24, 2.45) is 5.92 Å². The Kier molecular flexibility index (Phi) is 7.62. The first-order chi connectivity index (χ1) is 15.6. The molecule has 0 unspecified atom stereocenters. The second-order valence-corrected chi connectivity index (χ2v) is 9.13. The molecule has 0 aliphatic heterocycles. The molecule has 0 saturated heterocycles. The van der Waals surface area contributed by atoms with E-state index in [1.54, 1.807) is 31.2 Å². The van der Waals surface area contributed by atoms with E-state index in [-0.39, 0.29) is 22.3 Å². The molecule has 2 aromatic carbocycles. The SMILES string of the molecule is CC(C)=CCNc1ccc(-c2c(C)c(F)c(-c3ccc(CC(C)C)c(F)c3)c(C)c2F)cn1. The third-order valence-electron chi connectivity index (χ3n) is 5.66. The van der Waals surface area contributed by atoms with Gasteiger partial charge in [0.25, 0.3) is 0 Å². The number of benzene rings is 2. The Hall–Kier alpha value is -3.08. The van der Waals surface area contributed by atoms with Crippen molar-refractivity contribution >= 4 is 5.82 Å². The standard InChI is InChI=1S/C28H31F3N2/c1-16(2)11-12-32-24-10-9-22(15-33-24)26-19(6)27(30)25(18(5)28(26)31)21-8-7-20(13-17(3)4)23(29)14-21/h7-11,14-15,17H,12-13H2,1-6H3,(H,32,33). The maximum atomic E-state index is 15.5. The van der Waals surface area contributed by atoms with Crippen molar-refractivity contribution in [3.63, 3.8) is 0 Å². The highest BCUT2D eigenvalue weighted by molar-refractivity contribution is 5.78. The van der Waals surface area contributed by atoms with Crippen LogP contribution in [0.25, 0.3) is 22.3 Å². The Morgan fingerprint density at radius 3 is 2.06 bits per heavy atom. The van der Waals surface area contributed by atoms with Crippen molar-refractivity contribution in [1.82, 2.24) is 4.98 Å². The van der Waals surface area contributed by atoms with Gasteiger partial charge in [-0.25, -0.2) is 18.2 Å². The van der Waals surface area contributed by atoms with Gasteiger partial charge in [0.1, 0.15) is 23.3 Å². The van der Waals surface area contributed by atoms with Gasteiger partial charge in [-0.3, -0.25) is 0 Å². The van der Waals surface area contributed by atoms with E-state index >= 15 is 8.78 Å². The van der Waals surface area contributed by atoms with E-state index in [2.05, 4.69) is 10.3 Å². The lowest BCUT2D eigenvalue weighted by atomic mass is 9.90. The van der Waals surface area contributed by atoms with E-state index in [4.69, 9.17) is 0 Å². The third-order valence-corrected chi connectivity index (χ3v) is 5.66. The van der Waals surface area contributed by atoms with Gasteiger partial charge in [-0.2, -0.15) is 0 Å². The quantitative estimate of drug-likeness (QED) is 0.367. The predicted octanol–water partition coefficient (Wildman–Crippen LogP) is 8.03. The number of hydrogen-bond acceptors (Lipinski definition) is 2. The van der Waals surface area contributed by atoms with E-state index in [1.807, 2.05) is 33.8 Å². The minimum absolute atomic E-state index is 0.0942. The van der Waals surface area contributed by atoms with Crippen molar-refractivity contribution in [2.75, 3.05) is 11.9 Å². The van der Waals surface area contributed by atoms with Gasteiger partial charge in [-0.1, -0.05) is 37.6 Å². The number of rotatable bonds is 7. The first kappa shape index (κ1) is 24.6. The first-order valence-corrected chi connectivity index (χ1v) is 11.2. The van der Waals surface area contributed by atoms with E-state index in [0.717, 1.165) is 0 Å². The zero-order valence-corrected chi connectivity index (χ0v) is 20.1. The van der Waals surface area contributed by atoms with Gasteiger partial charge in [-0.05, 0) is 80.5 Å². The molecule has 2 nitrogen and oxygen atoms in total. The van der Waals surface area contributed by atoms with E-state index in [1.165, 1.54) is 24.8 Å². The summed E-state index contributed by atoms with van der Waals surface area (Å²) in [6, 6.07) is 8.10. The average Bonchev–Trinajstić information content (AvgIpc) is 2.75. The molecule has 1 aromatic heterocycles. The van der Waals surface area contributed by atoms with Crippen LogP contribution in [-0.2, 0) is 6.42 Å². The fourth-order valence-corrected chi connectivity index (χ4v) is 3.92. The second-order valence-electron chi connectivity index (χ2n) is 9.13. The molecule has 0 amide bonds. The molecule has 0 spiro atoms. The fourth-order valence-electron chi connectivity index (χ4n) is 3.92. The van der Waals surface area contributed by atoms with Crippen LogP contribution in [-0.4, -0.2) is 11.5 Å². The smallest absolute Gasteiger partial charge is 0.135 e. The average molecular weight is 453 g/mol. The van der Waals surface area contributed by atoms with Gasteiger partial charge >= 0.3 is 0 Å². The van der Waals surface area contributed by atoms with Crippen LogP contribution in [0, 0.1) is 37.2 Å². The van der Waals surface area contributed by atoms with Crippen LogP contribution in [0.4, 0.5) is 19.0 Å². The van der Waals surface area contributed by atoms with Gasteiger partial charge in [-0.15, -0.1) is 0 Å². The van der Waals surface area contributed by atoms with E-state index in [9.17, 15) is 4.39 Å². The molecule has 0 atom stereocenters. The molecule has 1 N–H and O–H groups in total. The Morgan fingerprint density at radius 2 is 1.55 bits per heavy atom. The monoisotopic (exact) mass is 452 g/mol. The molecule has 5 heteroatoms. The summed E-state index contributed by atoms with van der Waals surface area (Å²) in [7, 11) is 0. The van der Waals surface area contributed by atoms with Crippen molar-refractivity contribution in [3.05, 3.63) is 82.3 Å². The topological polar surface area (TPSA) is 24.9 Å². The van der Waals surface area contributed by atoms with Gasteiger partial charge < -0.3 is 5.32 Å². The summed E-state index contributed by atoms with van der Waals surface area (Å²) in [5, 5.41) is 3.17. The first-order valence-electron chi connectivity index (χ1n) is 11.2.